The Labute approximate surface area is 86.8 Å². The monoisotopic (exact) mass is 193 g/mol. The first kappa shape index (κ1) is 10.8. The smallest absolute Gasteiger partial charge is 0.220 e. The minimum absolute atomic E-state index is 0. The molecule has 0 aliphatic heterocycles. The zero-order chi connectivity index (χ0) is 10.2. The van der Waals surface area contributed by atoms with Crippen LogP contribution in [0.5, 0.6) is 0 Å². The van der Waals surface area contributed by atoms with Crippen LogP contribution >= 0.6 is 0 Å². The van der Waals surface area contributed by atoms with Gasteiger partial charge in [-0.05, 0) is 12.0 Å². The molecular weight excluding hydrogens is 174 g/mol. The third-order valence-electron chi connectivity index (χ3n) is 2.09. The molecule has 0 fully saturated rings. The van der Waals surface area contributed by atoms with Crippen LogP contribution in [0.15, 0.2) is 30.3 Å². The van der Waals surface area contributed by atoms with Crippen molar-refractivity contribution in [3.8, 4) is 0 Å². The van der Waals surface area contributed by atoms with Gasteiger partial charge in [0.1, 0.15) is 0 Å². The van der Waals surface area contributed by atoms with Gasteiger partial charge in [0.25, 0.3) is 0 Å². The highest BCUT2D eigenvalue weighted by atomic mass is 16.1. The van der Waals surface area contributed by atoms with E-state index in [-0.39, 0.29) is 7.33 Å². The number of benzene rings is 1. The molecule has 2 heteroatoms. The standard InChI is InChI=1S/C12H17NO.H2/c1-2-3-9-12(14)13-10-11-7-5-4-6-8-11;/h4-8H,2-3,9-10H2,1H3,(H,13,14);1H. The van der Waals surface area contributed by atoms with Gasteiger partial charge in [0.15, 0.2) is 0 Å². The lowest BCUT2D eigenvalue weighted by molar-refractivity contribution is -0.121. The lowest BCUT2D eigenvalue weighted by Crippen LogP contribution is -2.22. The Kier molecular flexibility index (Phi) is 4.76. The first-order valence-electron chi connectivity index (χ1n) is 5.13. The van der Waals surface area contributed by atoms with Crippen LogP contribution in [0.4, 0.5) is 0 Å². The minimum Gasteiger partial charge on any atom is -0.352 e. The summed E-state index contributed by atoms with van der Waals surface area (Å²) in [5.74, 6) is 0.149. The van der Waals surface area contributed by atoms with Crippen LogP contribution in [0.25, 0.3) is 0 Å². The van der Waals surface area contributed by atoms with Gasteiger partial charge in [-0.25, -0.2) is 0 Å². The Balaban J connectivity index is 0.00000196. The lowest BCUT2D eigenvalue weighted by Gasteiger charge is -2.04. The van der Waals surface area contributed by atoms with Gasteiger partial charge in [0.2, 0.25) is 5.91 Å². The number of rotatable bonds is 5. The number of amides is 1. The highest BCUT2D eigenvalue weighted by Crippen LogP contribution is 1.98. The fraction of sp³-hybridized carbons (Fsp3) is 0.417. The summed E-state index contributed by atoms with van der Waals surface area (Å²) in [7, 11) is 0. The molecule has 1 N–H and O–H groups in total. The van der Waals surface area contributed by atoms with Gasteiger partial charge in [-0.3, -0.25) is 4.79 Å². The van der Waals surface area contributed by atoms with E-state index in [2.05, 4.69) is 12.2 Å². The topological polar surface area (TPSA) is 29.1 Å². The molecule has 0 spiro atoms. The van der Waals surface area contributed by atoms with Crippen molar-refractivity contribution in [1.82, 2.24) is 5.32 Å². The number of hydrogen-bond acceptors (Lipinski definition) is 1. The van der Waals surface area contributed by atoms with Crippen molar-refractivity contribution in [3.05, 3.63) is 35.9 Å². The highest BCUT2D eigenvalue weighted by molar-refractivity contribution is 5.75. The average Bonchev–Trinajstić information content (AvgIpc) is 2.25. The summed E-state index contributed by atoms with van der Waals surface area (Å²) in [5.41, 5.74) is 1.15. The van der Waals surface area contributed by atoms with E-state index < -0.39 is 0 Å². The molecule has 0 aliphatic rings. The van der Waals surface area contributed by atoms with Gasteiger partial charge in [-0.15, -0.1) is 0 Å². The predicted octanol–water partition coefficient (Wildman–Crippen LogP) is 2.74. The van der Waals surface area contributed by atoms with Crippen molar-refractivity contribution in [3.63, 3.8) is 0 Å². The molecule has 1 aromatic carbocycles. The normalized spacial score (nSPS) is 9.79. The fourth-order valence-corrected chi connectivity index (χ4v) is 1.22. The highest BCUT2D eigenvalue weighted by Gasteiger charge is 1.99. The van der Waals surface area contributed by atoms with Crippen molar-refractivity contribution in [2.75, 3.05) is 0 Å². The summed E-state index contributed by atoms with van der Waals surface area (Å²) < 4.78 is 0. The molecule has 2 nitrogen and oxygen atoms in total. The number of unbranched alkanes of at least 4 members (excludes halogenated alkanes) is 1. The van der Waals surface area contributed by atoms with E-state index in [1.54, 1.807) is 0 Å². The molecule has 0 bridgehead atoms. The second kappa shape index (κ2) is 6.19. The zero-order valence-electron chi connectivity index (χ0n) is 8.62. The quantitative estimate of drug-likeness (QED) is 0.765. The summed E-state index contributed by atoms with van der Waals surface area (Å²) in [6.07, 6.45) is 2.68. The lowest BCUT2D eigenvalue weighted by atomic mass is 10.2. The van der Waals surface area contributed by atoms with Gasteiger partial charge >= 0.3 is 0 Å². The predicted molar refractivity (Wildman–Crippen MR) is 59.9 cm³/mol. The summed E-state index contributed by atoms with van der Waals surface area (Å²) in [6.45, 7) is 2.73. The first-order valence-corrected chi connectivity index (χ1v) is 5.13. The van der Waals surface area contributed by atoms with Crippen LogP contribution in [0, 0.1) is 0 Å². The van der Waals surface area contributed by atoms with Gasteiger partial charge in [0.05, 0.1) is 0 Å². The number of nitrogens with one attached hydrogen (secondary N) is 1. The molecule has 0 atom stereocenters. The van der Waals surface area contributed by atoms with Crippen molar-refractivity contribution in [2.24, 2.45) is 0 Å². The van der Waals surface area contributed by atoms with Crippen LogP contribution in [0.3, 0.4) is 0 Å². The van der Waals surface area contributed by atoms with Crippen LogP contribution in [-0.4, -0.2) is 5.91 Å². The second-order valence-electron chi connectivity index (χ2n) is 3.37. The van der Waals surface area contributed by atoms with Crippen LogP contribution in [-0.2, 0) is 11.3 Å². The number of carbonyl (C=O) groups is 1. The Bertz CT molecular complexity index is 274. The Hall–Kier alpha value is -1.31. The van der Waals surface area contributed by atoms with Gasteiger partial charge < -0.3 is 5.32 Å². The van der Waals surface area contributed by atoms with E-state index in [0.29, 0.717) is 13.0 Å². The molecule has 1 aromatic rings. The Morgan fingerprint density at radius 1 is 1.36 bits per heavy atom. The summed E-state index contributed by atoms with van der Waals surface area (Å²) in [4.78, 5) is 11.3. The van der Waals surface area contributed by atoms with E-state index in [9.17, 15) is 4.79 Å². The van der Waals surface area contributed by atoms with Gasteiger partial charge in [-0.1, -0.05) is 43.7 Å². The summed E-state index contributed by atoms with van der Waals surface area (Å²) >= 11 is 0. The van der Waals surface area contributed by atoms with Gasteiger partial charge in [0, 0.05) is 14.4 Å². The third-order valence-corrected chi connectivity index (χ3v) is 2.09. The van der Waals surface area contributed by atoms with Crippen molar-refractivity contribution in [1.29, 1.82) is 0 Å². The molecule has 0 heterocycles. The van der Waals surface area contributed by atoms with E-state index in [4.69, 9.17) is 0 Å². The van der Waals surface area contributed by atoms with E-state index in [1.807, 2.05) is 30.3 Å². The van der Waals surface area contributed by atoms with Crippen LogP contribution in [0.2, 0.25) is 0 Å². The number of hydrogen-bond donors (Lipinski definition) is 1. The molecule has 1 rings (SSSR count). The molecule has 14 heavy (non-hydrogen) atoms. The van der Waals surface area contributed by atoms with Crippen molar-refractivity contribution < 1.29 is 6.22 Å². The first-order chi connectivity index (χ1) is 6.83. The molecule has 0 saturated heterocycles. The molecule has 1 amide bonds. The molecule has 0 radical (unpaired) electrons. The third kappa shape index (κ3) is 4.08. The van der Waals surface area contributed by atoms with E-state index in [1.165, 1.54) is 0 Å². The van der Waals surface area contributed by atoms with Gasteiger partial charge in [-0.2, -0.15) is 0 Å². The van der Waals surface area contributed by atoms with Crippen molar-refractivity contribution >= 4 is 5.91 Å². The van der Waals surface area contributed by atoms with E-state index >= 15 is 0 Å². The number of carbonyl (C=O) groups excluding carboxylic acids is 1. The SMILES string of the molecule is CCCCC(=O)NCc1ccccc1.[HH]. The maximum atomic E-state index is 11.3. The molecule has 0 aromatic heterocycles. The fourth-order valence-electron chi connectivity index (χ4n) is 1.22. The largest absolute Gasteiger partial charge is 0.352 e. The zero-order valence-corrected chi connectivity index (χ0v) is 8.62. The Morgan fingerprint density at radius 2 is 2.07 bits per heavy atom. The second-order valence-corrected chi connectivity index (χ2v) is 3.37. The van der Waals surface area contributed by atoms with E-state index in [0.717, 1.165) is 18.4 Å². The van der Waals surface area contributed by atoms with Crippen LogP contribution < -0.4 is 5.32 Å². The Morgan fingerprint density at radius 3 is 2.71 bits per heavy atom. The van der Waals surface area contributed by atoms with Crippen LogP contribution in [0.1, 0.15) is 33.2 Å². The molecular formula is C12H19NO. The van der Waals surface area contributed by atoms with Crippen molar-refractivity contribution in [2.45, 2.75) is 32.7 Å². The molecule has 0 aliphatic carbocycles. The maximum Gasteiger partial charge on any atom is 0.220 e. The molecule has 0 unspecified atom stereocenters. The average molecular weight is 193 g/mol. The summed E-state index contributed by atoms with van der Waals surface area (Å²) in [6, 6.07) is 9.96. The molecule has 0 saturated carbocycles. The molecule has 78 valence electrons. The minimum atomic E-state index is 0. The maximum absolute atomic E-state index is 11.3. The summed E-state index contributed by atoms with van der Waals surface area (Å²) in [5, 5.41) is 2.89.